The molecular formula is C24H28N4O4S. The van der Waals surface area contributed by atoms with Crippen LogP contribution in [0.1, 0.15) is 19.8 Å². The maximum absolute atomic E-state index is 12.7. The Kier molecular flexibility index (Phi) is 7.39. The molecule has 0 atom stereocenters. The molecular weight excluding hydrogens is 440 g/mol. The summed E-state index contributed by atoms with van der Waals surface area (Å²) in [5, 5.41) is 3.85. The van der Waals surface area contributed by atoms with Gasteiger partial charge in [0.25, 0.3) is 0 Å². The third kappa shape index (κ3) is 5.42. The first-order chi connectivity index (χ1) is 16.1. The Morgan fingerprint density at radius 2 is 1.85 bits per heavy atom. The minimum absolute atomic E-state index is 0.0390. The minimum atomic E-state index is -0.282. The molecule has 2 heterocycles. The van der Waals surface area contributed by atoms with E-state index >= 15 is 0 Å². The average Bonchev–Trinajstić information content (AvgIpc) is 3.22. The van der Waals surface area contributed by atoms with Gasteiger partial charge in [0.15, 0.2) is 5.16 Å². The van der Waals surface area contributed by atoms with Gasteiger partial charge in [-0.3, -0.25) is 9.36 Å². The van der Waals surface area contributed by atoms with Gasteiger partial charge in [0, 0.05) is 24.8 Å². The van der Waals surface area contributed by atoms with Gasteiger partial charge in [-0.25, -0.2) is 9.78 Å². The van der Waals surface area contributed by atoms with E-state index in [1.807, 2.05) is 48.5 Å². The van der Waals surface area contributed by atoms with Gasteiger partial charge in [-0.15, -0.1) is 0 Å². The van der Waals surface area contributed by atoms with Crippen LogP contribution in [0.2, 0.25) is 0 Å². The van der Waals surface area contributed by atoms with Crippen molar-refractivity contribution in [3.05, 3.63) is 48.5 Å². The van der Waals surface area contributed by atoms with Gasteiger partial charge in [0.2, 0.25) is 5.91 Å². The molecule has 0 spiro atoms. The lowest BCUT2D eigenvalue weighted by molar-refractivity contribution is -0.119. The first-order valence-electron chi connectivity index (χ1n) is 11.0. The number of likely N-dealkylation sites (tertiary alicyclic amines) is 1. The number of carbonyl (C=O) groups excluding carboxylic acids is 2. The minimum Gasteiger partial charge on any atom is -0.497 e. The molecule has 2 amide bonds. The average molecular weight is 469 g/mol. The highest BCUT2D eigenvalue weighted by atomic mass is 32.2. The van der Waals surface area contributed by atoms with Gasteiger partial charge in [0.05, 0.1) is 30.5 Å². The zero-order valence-corrected chi connectivity index (χ0v) is 19.6. The van der Waals surface area contributed by atoms with Crippen LogP contribution in [0, 0.1) is 0 Å². The van der Waals surface area contributed by atoms with E-state index in [1.54, 1.807) is 18.9 Å². The summed E-state index contributed by atoms with van der Waals surface area (Å²) in [5.41, 5.74) is 2.82. The zero-order chi connectivity index (χ0) is 23.2. The van der Waals surface area contributed by atoms with Crippen LogP contribution >= 0.6 is 11.8 Å². The highest BCUT2D eigenvalue weighted by Gasteiger charge is 2.24. The SMILES string of the molecule is CCOC(=O)N1CCC(NC(=O)CSc2nc3ccccc3n2-c2ccc(OC)cc2)CC1. The third-order valence-corrected chi connectivity index (χ3v) is 6.52. The Morgan fingerprint density at radius 1 is 1.12 bits per heavy atom. The number of aromatic nitrogens is 2. The smallest absolute Gasteiger partial charge is 0.409 e. The Hall–Kier alpha value is -3.20. The number of hydrogen-bond donors (Lipinski definition) is 1. The quantitative estimate of drug-likeness (QED) is 0.530. The van der Waals surface area contributed by atoms with Crippen LogP contribution in [0.4, 0.5) is 4.79 Å². The van der Waals surface area contributed by atoms with Crippen molar-refractivity contribution in [2.24, 2.45) is 0 Å². The number of hydrogen-bond acceptors (Lipinski definition) is 6. The monoisotopic (exact) mass is 468 g/mol. The molecule has 1 aromatic heterocycles. The summed E-state index contributed by atoms with van der Waals surface area (Å²) in [4.78, 5) is 30.9. The first-order valence-corrected chi connectivity index (χ1v) is 12.0. The van der Waals surface area contributed by atoms with E-state index in [4.69, 9.17) is 14.5 Å². The number of rotatable bonds is 7. The van der Waals surface area contributed by atoms with Gasteiger partial charge >= 0.3 is 6.09 Å². The number of fused-ring (bicyclic) bond motifs is 1. The summed E-state index contributed by atoms with van der Waals surface area (Å²) in [7, 11) is 1.64. The normalized spacial score (nSPS) is 14.3. The van der Waals surface area contributed by atoms with Crippen LogP contribution in [0.15, 0.2) is 53.7 Å². The molecule has 1 aliphatic heterocycles. The van der Waals surface area contributed by atoms with Crippen molar-refractivity contribution in [3.63, 3.8) is 0 Å². The van der Waals surface area contributed by atoms with E-state index in [9.17, 15) is 9.59 Å². The molecule has 174 valence electrons. The van der Waals surface area contributed by atoms with E-state index < -0.39 is 0 Å². The number of piperidine rings is 1. The first kappa shape index (κ1) is 23.0. The van der Waals surface area contributed by atoms with Gasteiger partial charge < -0.3 is 19.7 Å². The topological polar surface area (TPSA) is 85.7 Å². The molecule has 1 aliphatic rings. The lowest BCUT2D eigenvalue weighted by Gasteiger charge is -2.31. The number of benzene rings is 2. The Morgan fingerprint density at radius 3 is 2.55 bits per heavy atom. The van der Waals surface area contributed by atoms with Crippen molar-refractivity contribution < 1.29 is 19.1 Å². The number of nitrogens with zero attached hydrogens (tertiary/aromatic N) is 3. The molecule has 1 fully saturated rings. The summed E-state index contributed by atoms with van der Waals surface area (Å²) >= 11 is 1.41. The molecule has 1 saturated heterocycles. The maximum Gasteiger partial charge on any atom is 0.409 e. The molecule has 3 aromatic rings. The fourth-order valence-corrected chi connectivity index (χ4v) is 4.74. The van der Waals surface area contributed by atoms with Crippen LogP contribution in [-0.2, 0) is 9.53 Å². The molecule has 9 heteroatoms. The number of para-hydroxylation sites is 2. The molecule has 33 heavy (non-hydrogen) atoms. The van der Waals surface area contributed by atoms with Gasteiger partial charge in [-0.2, -0.15) is 0 Å². The Balaban J connectivity index is 1.40. The Labute approximate surface area is 197 Å². The number of methoxy groups -OCH3 is 1. The van der Waals surface area contributed by atoms with Gasteiger partial charge in [-0.1, -0.05) is 23.9 Å². The molecule has 0 saturated carbocycles. The second-order valence-corrected chi connectivity index (χ2v) is 8.68. The van der Waals surface area contributed by atoms with Gasteiger partial charge in [0.1, 0.15) is 5.75 Å². The van der Waals surface area contributed by atoms with E-state index in [2.05, 4.69) is 9.88 Å². The summed E-state index contributed by atoms with van der Waals surface area (Å²) in [6.45, 7) is 3.34. The molecule has 0 unspecified atom stereocenters. The van der Waals surface area contributed by atoms with Crippen LogP contribution in [0.5, 0.6) is 5.75 Å². The maximum atomic E-state index is 12.7. The second kappa shape index (κ2) is 10.6. The highest BCUT2D eigenvalue weighted by Crippen LogP contribution is 2.29. The number of amides is 2. The van der Waals surface area contributed by atoms with Crippen molar-refractivity contribution in [1.82, 2.24) is 19.8 Å². The fourth-order valence-electron chi connectivity index (χ4n) is 3.90. The zero-order valence-electron chi connectivity index (χ0n) is 18.8. The number of thioether (sulfide) groups is 1. The standard InChI is InChI=1S/C24H28N4O4S/c1-3-32-24(30)27-14-12-17(13-15-27)25-22(29)16-33-23-26-20-6-4-5-7-21(20)28(23)18-8-10-19(31-2)11-9-18/h4-11,17H,3,12-16H2,1-2H3,(H,25,29). The predicted octanol–water partition coefficient (Wildman–Crippen LogP) is 3.86. The van der Waals surface area contributed by atoms with Crippen molar-refractivity contribution in [2.45, 2.75) is 31.0 Å². The number of carbonyl (C=O) groups is 2. The van der Waals surface area contributed by atoms with Crippen molar-refractivity contribution in [1.29, 1.82) is 0 Å². The summed E-state index contributed by atoms with van der Waals surface area (Å²) in [6.07, 6.45) is 1.16. The fraction of sp³-hybridized carbons (Fsp3) is 0.375. The van der Waals surface area contributed by atoms with Gasteiger partial charge in [-0.05, 0) is 56.2 Å². The summed E-state index contributed by atoms with van der Waals surface area (Å²) in [5.74, 6) is 1.01. The van der Waals surface area contributed by atoms with E-state index in [-0.39, 0.29) is 23.8 Å². The molecule has 8 nitrogen and oxygen atoms in total. The van der Waals surface area contributed by atoms with Crippen LogP contribution in [0.25, 0.3) is 16.7 Å². The summed E-state index contributed by atoms with van der Waals surface area (Å²) in [6, 6.07) is 15.8. The molecule has 0 radical (unpaired) electrons. The number of ether oxygens (including phenoxy) is 2. The van der Waals surface area contributed by atoms with E-state index in [0.717, 1.165) is 40.5 Å². The van der Waals surface area contributed by atoms with E-state index in [1.165, 1.54) is 11.8 Å². The van der Waals surface area contributed by atoms with Crippen molar-refractivity contribution in [2.75, 3.05) is 32.6 Å². The predicted molar refractivity (Wildman–Crippen MR) is 128 cm³/mol. The van der Waals surface area contributed by atoms with Crippen LogP contribution < -0.4 is 10.1 Å². The molecule has 4 rings (SSSR count). The number of imidazole rings is 1. The molecule has 2 aromatic carbocycles. The Bertz CT molecular complexity index is 1110. The highest BCUT2D eigenvalue weighted by molar-refractivity contribution is 7.99. The second-order valence-electron chi connectivity index (χ2n) is 7.73. The molecule has 0 aliphatic carbocycles. The number of nitrogens with one attached hydrogen (secondary N) is 1. The van der Waals surface area contributed by atoms with E-state index in [0.29, 0.717) is 19.7 Å². The van der Waals surface area contributed by atoms with Crippen LogP contribution in [-0.4, -0.2) is 65.1 Å². The summed E-state index contributed by atoms with van der Waals surface area (Å²) < 4.78 is 12.4. The lowest BCUT2D eigenvalue weighted by Crippen LogP contribution is -2.47. The largest absolute Gasteiger partial charge is 0.497 e. The molecule has 1 N–H and O–H groups in total. The van der Waals surface area contributed by atoms with Crippen LogP contribution in [0.3, 0.4) is 0 Å². The lowest BCUT2D eigenvalue weighted by atomic mass is 10.1. The van der Waals surface area contributed by atoms with Crippen molar-refractivity contribution >= 4 is 34.8 Å². The molecule has 0 bridgehead atoms. The third-order valence-electron chi connectivity index (χ3n) is 5.58. The van der Waals surface area contributed by atoms with Crippen molar-refractivity contribution in [3.8, 4) is 11.4 Å².